The molecule has 0 saturated carbocycles. The lowest BCUT2D eigenvalue weighted by Crippen LogP contribution is -2.22. The third kappa shape index (κ3) is 9.90. The zero-order valence-electron chi connectivity index (χ0n) is 28.5. The first-order chi connectivity index (χ1) is 24.6. The van der Waals surface area contributed by atoms with Gasteiger partial charge in [0.2, 0.25) is 11.8 Å². The molecule has 0 aromatic heterocycles. The number of amides is 2. The van der Waals surface area contributed by atoms with Crippen LogP contribution in [0, 0.1) is 0 Å². The van der Waals surface area contributed by atoms with E-state index in [1.54, 1.807) is 0 Å². The molecule has 4 nitrogen and oxygen atoms in total. The molecule has 0 spiro atoms. The highest BCUT2D eigenvalue weighted by Crippen LogP contribution is 2.26. The van der Waals surface area contributed by atoms with Crippen LogP contribution in [0.1, 0.15) is 49.7 Å². The minimum Gasteiger partial charge on any atom is -0.352 e. The van der Waals surface area contributed by atoms with Gasteiger partial charge in [-0.25, -0.2) is 0 Å². The van der Waals surface area contributed by atoms with Gasteiger partial charge in [-0.15, -0.1) is 0 Å². The zero-order chi connectivity index (χ0) is 34.4. The molecule has 0 aliphatic rings. The predicted molar refractivity (Wildman–Crippen MR) is 206 cm³/mol. The number of hydrogen-bond acceptors (Lipinski definition) is 2. The highest BCUT2D eigenvalue weighted by atomic mass is 16.2. The zero-order valence-corrected chi connectivity index (χ0v) is 28.5. The minimum absolute atomic E-state index is 0.0681. The second kappa shape index (κ2) is 17.6. The van der Waals surface area contributed by atoms with Gasteiger partial charge in [0, 0.05) is 25.9 Å². The average molecular weight is 657 g/mol. The number of unbranched alkanes of at least 4 members (excludes halogenated alkanes) is 3. The number of rotatable bonds is 15. The van der Waals surface area contributed by atoms with Gasteiger partial charge in [0.15, 0.2) is 0 Å². The Labute approximate surface area is 296 Å². The van der Waals surface area contributed by atoms with Crippen LogP contribution in [0.2, 0.25) is 0 Å². The molecular weight excluding hydrogens is 613 g/mol. The normalized spacial score (nSPS) is 10.8. The van der Waals surface area contributed by atoms with Crippen molar-refractivity contribution in [2.75, 3.05) is 0 Å². The SMILES string of the molecule is O=C(CCCCCCC(=O)NCc1ccc(-c2ccc(-c3ccccc3)cc2)cc1)NCc1ccc(-c2ccc(-c3ccccc3)cc2)cc1. The molecule has 6 aromatic carbocycles. The summed E-state index contributed by atoms with van der Waals surface area (Å²) in [6, 6.07) is 54.7. The van der Waals surface area contributed by atoms with Gasteiger partial charge in [-0.2, -0.15) is 0 Å². The quantitative estimate of drug-likeness (QED) is 0.108. The maximum atomic E-state index is 12.4. The van der Waals surface area contributed by atoms with Crippen LogP contribution in [0.15, 0.2) is 158 Å². The molecule has 4 heteroatoms. The molecule has 6 aromatic rings. The molecule has 0 aliphatic carbocycles. The minimum atomic E-state index is 0.0681. The lowest BCUT2D eigenvalue weighted by Gasteiger charge is -2.09. The summed E-state index contributed by atoms with van der Waals surface area (Å²) >= 11 is 0. The van der Waals surface area contributed by atoms with Crippen molar-refractivity contribution < 1.29 is 9.59 Å². The van der Waals surface area contributed by atoms with E-state index in [1.807, 2.05) is 12.1 Å². The van der Waals surface area contributed by atoms with Crippen LogP contribution in [0.4, 0.5) is 0 Å². The monoisotopic (exact) mass is 656 g/mol. The molecule has 50 heavy (non-hydrogen) atoms. The highest BCUT2D eigenvalue weighted by molar-refractivity contribution is 5.77. The Morgan fingerprint density at radius 3 is 0.880 bits per heavy atom. The van der Waals surface area contributed by atoms with E-state index in [0.29, 0.717) is 25.9 Å². The van der Waals surface area contributed by atoms with Gasteiger partial charge in [-0.1, -0.05) is 171 Å². The van der Waals surface area contributed by atoms with E-state index in [0.717, 1.165) is 47.9 Å². The first-order valence-corrected chi connectivity index (χ1v) is 17.6. The van der Waals surface area contributed by atoms with E-state index in [1.165, 1.54) is 33.4 Å². The molecule has 0 fully saturated rings. The Bertz CT molecular complexity index is 1790. The Balaban J connectivity index is 0.822. The van der Waals surface area contributed by atoms with Crippen LogP contribution < -0.4 is 10.6 Å². The molecule has 0 radical (unpaired) electrons. The summed E-state index contributed by atoms with van der Waals surface area (Å²) in [5.41, 5.74) is 11.7. The van der Waals surface area contributed by atoms with Crippen molar-refractivity contribution in [3.63, 3.8) is 0 Å². The fourth-order valence-corrected chi connectivity index (χ4v) is 6.10. The van der Waals surface area contributed by atoms with Gasteiger partial charge in [-0.05, 0) is 68.5 Å². The fourth-order valence-electron chi connectivity index (χ4n) is 6.10. The first-order valence-electron chi connectivity index (χ1n) is 17.6. The molecule has 0 atom stereocenters. The Morgan fingerprint density at radius 2 is 0.580 bits per heavy atom. The molecule has 0 heterocycles. The molecule has 0 saturated heterocycles. The molecule has 0 aliphatic heterocycles. The number of carbonyl (C=O) groups is 2. The van der Waals surface area contributed by atoms with Crippen LogP contribution in [0.5, 0.6) is 0 Å². The summed E-state index contributed by atoms with van der Waals surface area (Å²) in [6.07, 6.45) is 4.54. The predicted octanol–water partition coefficient (Wildman–Crippen LogP) is 10.6. The summed E-state index contributed by atoms with van der Waals surface area (Å²) in [6.45, 7) is 1.05. The van der Waals surface area contributed by atoms with Crippen molar-refractivity contribution in [1.82, 2.24) is 10.6 Å². The largest absolute Gasteiger partial charge is 0.352 e. The smallest absolute Gasteiger partial charge is 0.220 e. The summed E-state index contributed by atoms with van der Waals surface area (Å²) in [4.78, 5) is 24.8. The van der Waals surface area contributed by atoms with Gasteiger partial charge in [-0.3, -0.25) is 9.59 Å². The average Bonchev–Trinajstić information content (AvgIpc) is 3.19. The van der Waals surface area contributed by atoms with Crippen LogP contribution in [0.3, 0.4) is 0 Å². The van der Waals surface area contributed by atoms with E-state index < -0.39 is 0 Å². The Morgan fingerprint density at radius 1 is 0.320 bits per heavy atom. The topological polar surface area (TPSA) is 58.2 Å². The molecule has 2 amide bonds. The van der Waals surface area contributed by atoms with Gasteiger partial charge in [0.05, 0.1) is 0 Å². The van der Waals surface area contributed by atoms with Crippen LogP contribution in [-0.4, -0.2) is 11.8 Å². The van der Waals surface area contributed by atoms with E-state index in [9.17, 15) is 9.59 Å². The van der Waals surface area contributed by atoms with E-state index in [-0.39, 0.29) is 11.8 Å². The molecule has 0 bridgehead atoms. The van der Waals surface area contributed by atoms with Crippen molar-refractivity contribution in [2.24, 2.45) is 0 Å². The van der Waals surface area contributed by atoms with Crippen molar-refractivity contribution in [3.8, 4) is 44.5 Å². The molecule has 6 rings (SSSR count). The van der Waals surface area contributed by atoms with Crippen molar-refractivity contribution >= 4 is 11.8 Å². The number of nitrogens with one attached hydrogen (secondary N) is 2. The van der Waals surface area contributed by atoms with Gasteiger partial charge >= 0.3 is 0 Å². The molecule has 2 N–H and O–H groups in total. The molecule has 0 unspecified atom stereocenters. The number of carbonyl (C=O) groups excluding carboxylic acids is 2. The van der Waals surface area contributed by atoms with E-state index >= 15 is 0 Å². The summed E-state index contributed by atoms with van der Waals surface area (Å²) in [5, 5.41) is 6.09. The fraction of sp³-hybridized carbons (Fsp3) is 0.174. The van der Waals surface area contributed by atoms with Crippen molar-refractivity contribution in [1.29, 1.82) is 0 Å². The third-order valence-corrected chi connectivity index (χ3v) is 9.10. The van der Waals surface area contributed by atoms with Crippen molar-refractivity contribution in [2.45, 2.75) is 51.6 Å². The number of hydrogen-bond donors (Lipinski definition) is 2. The maximum Gasteiger partial charge on any atom is 0.220 e. The second-order valence-corrected chi connectivity index (χ2v) is 12.7. The summed E-state index contributed by atoms with van der Waals surface area (Å²) in [7, 11) is 0. The summed E-state index contributed by atoms with van der Waals surface area (Å²) in [5.74, 6) is 0.136. The second-order valence-electron chi connectivity index (χ2n) is 12.7. The molecular formula is C46H44N2O2. The van der Waals surface area contributed by atoms with Gasteiger partial charge in [0.1, 0.15) is 0 Å². The maximum absolute atomic E-state index is 12.4. The van der Waals surface area contributed by atoms with Crippen LogP contribution >= 0.6 is 0 Å². The van der Waals surface area contributed by atoms with E-state index in [2.05, 4.69) is 156 Å². The summed E-state index contributed by atoms with van der Waals surface area (Å²) < 4.78 is 0. The Hall–Kier alpha value is -5.74. The first kappa shape index (κ1) is 34.1. The van der Waals surface area contributed by atoms with Gasteiger partial charge < -0.3 is 10.6 Å². The lowest BCUT2D eigenvalue weighted by atomic mass is 9.99. The highest BCUT2D eigenvalue weighted by Gasteiger charge is 2.06. The third-order valence-electron chi connectivity index (χ3n) is 9.10. The standard InChI is InChI=1S/C46H44N2O2/c49-45(47-33-35-17-21-39(22-18-35)43-29-25-41(26-30-43)37-11-5-3-6-12-37)15-9-1-2-10-16-46(50)48-34-36-19-23-40(24-20-36)44-31-27-42(28-32-44)38-13-7-4-8-14-38/h3-8,11-14,17-32H,1-2,9-10,15-16,33-34H2,(H,47,49)(H,48,50). The number of benzene rings is 6. The van der Waals surface area contributed by atoms with E-state index in [4.69, 9.17) is 0 Å². The van der Waals surface area contributed by atoms with Crippen LogP contribution in [0.25, 0.3) is 44.5 Å². The van der Waals surface area contributed by atoms with Gasteiger partial charge in [0.25, 0.3) is 0 Å². The Kier molecular flexibility index (Phi) is 12.0. The lowest BCUT2D eigenvalue weighted by molar-refractivity contribution is -0.122. The van der Waals surface area contributed by atoms with Crippen LogP contribution in [-0.2, 0) is 22.7 Å². The van der Waals surface area contributed by atoms with Crippen molar-refractivity contribution in [3.05, 3.63) is 169 Å². The molecule has 250 valence electrons.